The average Bonchev–Trinajstić information content (AvgIpc) is 3.48. The topological polar surface area (TPSA) is 84.5 Å². The number of hydrogen-bond donors (Lipinski definition) is 1. The number of fused-ring (bicyclic) bond motifs is 1. The molecule has 194 valence electrons. The predicted octanol–water partition coefficient (Wildman–Crippen LogP) is 6.53. The normalized spacial score (nSPS) is 14.6. The third kappa shape index (κ3) is 4.56. The molecular formula is C31H31N3O4. The summed E-state index contributed by atoms with van der Waals surface area (Å²) in [5.74, 6) is 0.611. The van der Waals surface area contributed by atoms with E-state index in [0.29, 0.717) is 36.1 Å². The van der Waals surface area contributed by atoms with Crippen LogP contribution in [0, 0.1) is 0 Å². The van der Waals surface area contributed by atoms with Crippen molar-refractivity contribution in [3.8, 4) is 17.0 Å². The Morgan fingerprint density at radius 2 is 1.63 bits per heavy atom. The Labute approximate surface area is 222 Å². The van der Waals surface area contributed by atoms with Crippen molar-refractivity contribution in [1.82, 2.24) is 10.2 Å². The second kappa shape index (κ2) is 10.5. The summed E-state index contributed by atoms with van der Waals surface area (Å²) in [6.45, 7) is 8.92. The lowest BCUT2D eigenvalue weighted by Gasteiger charge is -2.27. The maximum atomic E-state index is 13.8. The lowest BCUT2D eigenvalue weighted by molar-refractivity contribution is 0.0526. The fourth-order valence-electron chi connectivity index (χ4n) is 4.86. The van der Waals surface area contributed by atoms with Crippen molar-refractivity contribution >= 4 is 17.6 Å². The molecule has 1 aromatic heterocycles. The zero-order chi connectivity index (χ0) is 26.8. The summed E-state index contributed by atoms with van der Waals surface area (Å²) in [6.07, 6.45) is 0. The van der Waals surface area contributed by atoms with E-state index in [0.717, 1.165) is 28.1 Å². The van der Waals surface area contributed by atoms with Crippen molar-refractivity contribution < 1.29 is 19.1 Å². The third-order valence-corrected chi connectivity index (χ3v) is 6.78. The summed E-state index contributed by atoms with van der Waals surface area (Å²) in [6, 6.07) is 22.7. The Balaban J connectivity index is 1.60. The molecule has 0 saturated heterocycles. The first-order chi connectivity index (χ1) is 18.4. The Kier molecular flexibility index (Phi) is 7.01. The fourth-order valence-corrected chi connectivity index (χ4v) is 4.86. The number of carbonyl (C=O) groups is 2. The second-order valence-electron chi connectivity index (χ2n) is 9.48. The largest absolute Gasteiger partial charge is 0.494 e. The van der Waals surface area contributed by atoms with Gasteiger partial charge >= 0.3 is 5.97 Å². The number of nitrogens with one attached hydrogen (secondary N) is 1. The third-order valence-electron chi connectivity index (χ3n) is 6.78. The van der Waals surface area contributed by atoms with Gasteiger partial charge in [-0.3, -0.25) is 14.8 Å². The van der Waals surface area contributed by atoms with Crippen molar-refractivity contribution in [3.63, 3.8) is 0 Å². The van der Waals surface area contributed by atoms with E-state index < -0.39 is 6.04 Å². The maximum Gasteiger partial charge on any atom is 0.338 e. The van der Waals surface area contributed by atoms with Crippen LogP contribution in [0.4, 0.5) is 5.69 Å². The molecule has 4 aromatic rings. The minimum Gasteiger partial charge on any atom is -0.494 e. The van der Waals surface area contributed by atoms with Crippen LogP contribution >= 0.6 is 0 Å². The maximum absolute atomic E-state index is 13.8. The molecule has 1 aliphatic heterocycles. The summed E-state index contributed by atoms with van der Waals surface area (Å²) < 4.78 is 10.7. The van der Waals surface area contributed by atoms with Crippen LogP contribution in [0.1, 0.15) is 77.2 Å². The van der Waals surface area contributed by atoms with Crippen molar-refractivity contribution in [2.45, 2.75) is 39.7 Å². The Morgan fingerprint density at radius 3 is 2.24 bits per heavy atom. The smallest absolute Gasteiger partial charge is 0.338 e. The molecule has 0 fully saturated rings. The highest BCUT2D eigenvalue weighted by atomic mass is 16.5. The summed E-state index contributed by atoms with van der Waals surface area (Å²) in [7, 11) is 0. The van der Waals surface area contributed by atoms with Gasteiger partial charge in [0.05, 0.1) is 30.5 Å². The minimum atomic E-state index is -0.396. The SMILES string of the molecule is CCOC(=O)c1ccc(N2C(=O)c3[nH]nc(-c4ccc(OCC)cc4)c3[C@@H]2c2ccc(C(C)C)cc2)cc1. The molecule has 7 nitrogen and oxygen atoms in total. The molecule has 0 aliphatic carbocycles. The molecule has 1 atom stereocenters. The van der Waals surface area contributed by atoms with Gasteiger partial charge in [-0.05, 0) is 79.4 Å². The monoisotopic (exact) mass is 509 g/mol. The van der Waals surface area contributed by atoms with E-state index in [9.17, 15) is 9.59 Å². The molecule has 0 unspecified atom stereocenters. The molecular weight excluding hydrogens is 478 g/mol. The van der Waals surface area contributed by atoms with Gasteiger partial charge in [0.2, 0.25) is 0 Å². The molecule has 0 radical (unpaired) electrons. The highest BCUT2D eigenvalue weighted by molar-refractivity contribution is 6.12. The predicted molar refractivity (Wildman–Crippen MR) is 147 cm³/mol. The summed E-state index contributed by atoms with van der Waals surface area (Å²) in [4.78, 5) is 27.8. The number of nitrogens with zero attached hydrogens (tertiary/aromatic N) is 2. The molecule has 5 rings (SSSR count). The van der Waals surface area contributed by atoms with E-state index in [2.05, 4.69) is 48.3 Å². The molecule has 1 amide bonds. The van der Waals surface area contributed by atoms with E-state index in [-0.39, 0.29) is 11.9 Å². The van der Waals surface area contributed by atoms with Crippen LogP contribution in [0.2, 0.25) is 0 Å². The van der Waals surface area contributed by atoms with Gasteiger partial charge in [0, 0.05) is 16.8 Å². The first-order valence-corrected chi connectivity index (χ1v) is 12.9. The number of ether oxygens (including phenoxy) is 2. The Bertz CT molecular complexity index is 1440. The molecule has 2 heterocycles. The molecule has 38 heavy (non-hydrogen) atoms. The van der Waals surface area contributed by atoms with Gasteiger partial charge < -0.3 is 9.47 Å². The number of hydrogen-bond acceptors (Lipinski definition) is 5. The van der Waals surface area contributed by atoms with E-state index in [1.54, 1.807) is 36.1 Å². The van der Waals surface area contributed by atoms with Crippen molar-refractivity contribution in [3.05, 3.63) is 101 Å². The number of amides is 1. The number of aromatic amines is 1. The number of anilines is 1. The van der Waals surface area contributed by atoms with Gasteiger partial charge in [0.25, 0.3) is 5.91 Å². The number of benzene rings is 3. The van der Waals surface area contributed by atoms with Crippen LogP contribution < -0.4 is 9.64 Å². The summed E-state index contributed by atoms with van der Waals surface area (Å²) in [5.41, 5.74) is 6.22. The Hall–Kier alpha value is -4.39. The number of aromatic nitrogens is 2. The molecule has 0 bridgehead atoms. The van der Waals surface area contributed by atoms with Crippen molar-refractivity contribution in [2.75, 3.05) is 18.1 Å². The highest BCUT2D eigenvalue weighted by Gasteiger charge is 2.43. The van der Waals surface area contributed by atoms with E-state index in [1.165, 1.54) is 5.56 Å². The van der Waals surface area contributed by atoms with Crippen LogP contribution in [-0.4, -0.2) is 35.3 Å². The molecule has 1 N–H and O–H groups in total. The second-order valence-corrected chi connectivity index (χ2v) is 9.48. The van der Waals surface area contributed by atoms with E-state index in [1.807, 2.05) is 31.2 Å². The zero-order valence-corrected chi connectivity index (χ0v) is 22.0. The van der Waals surface area contributed by atoms with Crippen LogP contribution in [0.5, 0.6) is 5.75 Å². The average molecular weight is 510 g/mol. The van der Waals surface area contributed by atoms with Gasteiger partial charge in [0.15, 0.2) is 0 Å². The molecule has 0 spiro atoms. The van der Waals surface area contributed by atoms with E-state index in [4.69, 9.17) is 9.47 Å². The number of carbonyl (C=O) groups excluding carboxylic acids is 2. The summed E-state index contributed by atoms with van der Waals surface area (Å²) >= 11 is 0. The van der Waals surface area contributed by atoms with Crippen LogP contribution in [-0.2, 0) is 4.74 Å². The Morgan fingerprint density at radius 1 is 0.947 bits per heavy atom. The molecule has 0 saturated carbocycles. The first-order valence-electron chi connectivity index (χ1n) is 12.9. The van der Waals surface area contributed by atoms with Gasteiger partial charge in [-0.1, -0.05) is 38.1 Å². The van der Waals surface area contributed by atoms with Gasteiger partial charge in [-0.15, -0.1) is 0 Å². The van der Waals surface area contributed by atoms with Crippen LogP contribution in [0.15, 0.2) is 72.8 Å². The lowest BCUT2D eigenvalue weighted by Crippen LogP contribution is -2.29. The quantitative estimate of drug-likeness (QED) is 0.273. The number of esters is 1. The molecule has 1 aliphatic rings. The molecule has 3 aromatic carbocycles. The zero-order valence-electron chi connectivity index (χ0n) is 22.0. The summed E-state index contributed by atoms with van der Waals surface area (Å²) in [5, 5.41) is 7.57. The van der Waals surface area contributed by atoms with Gasteiger partial charge in [-0.2, -0.15) is 5.10 Å². The highest BCUT2D eigenvalue weighted by Crippen LogP contribution is 2.45. The van der Waals surface area contributed by atoms with E-state index >= 15 is 0 Å². The molecule has 7 heteroatoms. The van der Waals surface area contributed by atoms with Crippen molar-refractivity contribution in [1.29, 1.82) is 0 Å². The number of H-pyrrole nitrogens is 1. The van der Waals surface area contributed by atoms with Crippen LogP contribution in [0.3, 0.4) is 0 Å². The lowest BCUT2D eigenvalue weighted by atomic mass is 9.93. The van der Waals surface area contributed by atoms with Gasteiger partial charge in [-0.25, -0.2) is 4.79 Å². The van der Waals surface area contributed by atoms with Crippen molar-refractivity contribution in [2.24, 2.45) is 0 Å². The van der Waals surface area contributed by atoms with Crippen LogP contribution in [0.25, 0.3) is 11.3 Å². The number of rotatable bonds is 8. The first kappa shape index (κ1) is 25.3. The fraction of sp³-hybridized carbons (Fsp3) is 0.258. The minimum absolute atomic E-state index is 0.175. The standard InChI is InChI=1S/C31H31N3O4/c1-5-37-25-17-13-21(14-18-25)27-26-28(33-32-27)30(35)34(24-15-11-23(12-16-24)31(36)38-6-2)29(26)22-9-7-20(8-10-22)19(3)4/h7-19,29H,5-6H2,1-4H3,(H,32,33)/t29-/m0/s1. The van der Waals surface area contributed by atoms with Gasteiger partial charge in [0.1, 0.15) is 11.4 Å².